The van der Waals surface area contributed by atoms with Crippen LogP contribution in [-0.4, -0.2) is 26.6 Å². The van der Waals surface area contributed by atoms with Gasteiger partial charge in [-0.1, -0.05) is 18.2 Å². The molecule has 0 spiro atoms. The van der Waals surface area contributed by atoms with E-state index in [0.29, 0.717) is 29.9 Å². The third kappa shape index (κ3) is 3.41. The molecule has 1 heterocycles. The molecule has 0 radical (unpaired) electrons. The zero-order valence-electron chi connectivity index (χ0n) is 13.1. The van der Waals surface area contributed by atoms with Crippen molar-refractivity contribution in [3.63, 3.8) is 0 Å². The van der Waals surface area contributed by atoms with E-state index in [1.165, 1.54) is 4.31 Å². The summed E-state index contributed by atoms with van der Waals surface area (Å²) in [7, 11) is -3.24. The van der Waals surface area contributed by atoms with Crippen LogP contribution in [-0.2, 0) is 10.0 Å². The third-order valence-corrected chi connectivity index (χ3v) is 6.79. The maximum atomic E-state index is 12.5. The molecule has 2 aromatic carbocycles. The minimum absolute atomic E-state index is 0.171. The fourth-order valence-corrected chi connectivity index (χ4v) is 4.85. The minimum Gasteiger partial charge on any atom is -0.322 e. The first kappa shape index (κ1) is 17.2. The summed E-state index contributed by atoms with van der Waals surface area (Å²) in [5.74, 6) is -0.0327. The van der Waals surface area contributed by atoms with Crippen molar-refractivity contribution < 1.29 is 13.2 Å². The molecule has 0 atom stereocenters. The average molecular weight is 456 g/mol. The summed E-state index contributed by atoms with van der Waals surface area (Å²) < 4.78 is 26.4. The molecule has 0 aromatic heterocycles. The topological polar surface area (TPSA) is 66.5 Å². The molecule has 1 amide bonds. The predicted octanol–water partition coefficient (Wildman–Crippen LogP) is 3.39. The number of hydrogen-bond donors (Lipinski definition) is 1. The van der Waals surface area contributed by atoms with Crippen molar-refractivity contribution in [2.24, 2.45) is 0 Å². The van der Waals surface area contributed by atoms with Crippen LogP contribution in [0.1, 0.15) is 22.3 Å². The molecule has 7 heteroatoms. The summed E-state index contributed by atoms with van der Waals surface area (Å²) in [5.41, 5.74) is 2.70. The largest absolute Gasteiger partial charge is 0.322 e. The molecule has 0 unspecified atom stereocenters. The molecule has 5 nitrogen and oxygen atoms in total. The molecule has 1 aliphatic rings. The summed E-state index contributed by atoms with van der Waals surface area (Å²) in [6.07, 6.45) is 0.625. The minimum atomic E-state index is -3.24. The molecule has 3 rings (SSSR count). The number of rotatable bonds is 3. The zero-order valence-corrected chi connectivity index (χ0v) is 16.1. The Labute approximate surface area is 155 Å². The molecular weight excluding hydrogens is 439 g/mol. The molecule has 0 saturated carbocycles. The van der Waals surface area contributed by atoms with Crippen LogP contribution in [0.4, 0.5) is 11.4 Å². The highest BCUT2D eigenvalue weighted by Crippen LogP contribution is 2.29. The summed E-state index contributed by atoms with van der Waals surface area (Å²) in [6, 6.07) is 12.7. The number of sulfonamides is 1. The van der Waals surface area contributed by atoms with E-state index in [9.17, 15) is 13.2 Å². The van der Waals surface area contributed by atoms with Gasteiger partial charge in [-0.25, -0.2) is 8.42 Å². The van der Waals surface area contributed by atoms with Gasteiger partial charge in [0.1, 0.15) is 0 Å². The number of aryl methyl sites for hydroxylation is 1. The Balaban J connectivity index is 1.90. The first-order valence-corrected chi connectivity index (χ1v) is 10.2. The number of nitrogens with zero attached hydrogens (tertiary/aromatic N) is 1. The van der Waals surface area contributed by atoms with E-state index in [0.717, 1.165) is 9.13 Å². The lowest BCUT2D eigenvalue weighted by atomic mass is 10.1. The molecule has 0 aliphatic carbocycles. The molecule has 1 aliphatic heterocycles. The fraction of sp³-hybridized carbons (Fsp3) is 0.235. The number of benzene rings is 2. The Morgan fingerprint density at radius 2 is 1.96 bits per heavy atom. The number of carbonyl (C=O) groups is 1. The Kier molecular flexibility index (Phi) is 4.82. The van der Waals surface area contributed by atoms with Crippen LogP contribution in [0.2, 0.25) is 0 Å². The monoisotopic (exact) mass is 456 g/mol. The van der Waals surface area contributed by atoms with E-state index in [1.54, 1.807) is 18.2 Å². The van der Waals surface area contributed by atoms with Crippen molar-refractivity contribution in [3.05, 3.63) is 57.2 Å². The van der Waals surface area contributed by atoms with E-state index in [4.69, 9.17) is 0 Å². The number of halogens is 1. The van der Waals surface area contributed by atoms with Gasteiger partial charge in [0.05, 0.1) is 17.0 Å². The van der Waals surface area contributed by atoms with E-state index >= 15 is 0 Å². The van der Waals surface area contributed by atoms with E-state index in [1.807, 2.05) is 31.2 Å². The highest BCUT2D eigenvalue weighted by Gasteiger charge is 2.28. The van der Waals surface area contributed by atoms with Crippen molar-refractivity contribution in [2.75, 3.05) is 21.9 Å². The van der Waals surface area contributed by atoms with Gasteiger partial charge in [-0.3, -0.25) is 9.10 Å². The highest BCUT2D eigenvalue weighted by atomic mass is 127. The molecule has 1 N–H and O–H groups in total. The van der Waals surface area contributed by atoms with Crippen LogP contribution in [0.3, 0.4) is 0 Å². The average Bonchev–Trinajstić information content (AvgIpc) is 2.89. The van der Waals surface area contributed by atoms with Crippen molar-refractivity contribution >= 4 is 49.9 Å². The fourth-order valence-electron chi connectivity index (χ4n) is 2.66. The second-order valence-corrected chi connectivity index (χ2v) is 8.85. The Morgan fingerprint density at radius 3 is 2.62 bits per heavy atom. The summed E-state index contributed by atoms with van der Waals surface area (Å²) in [5, 5.41) is 2.89. The van der Waals surface area contributed by atoms with Gasteiger partial charge >= 0.3 is 0 Å². The number of anilines is 2. The maximum Gasteiger partial charge on any atom is 0.256 e. The lowest BCUT2D eigenvalue weighted by Crippen LogP contribution is -2.25. The van der Waals surface area contributed by atoms with Crippen LogP contribution in [0.25, 0.3) is 0 Å². The quantitative estimate of drug-likeness (QED) is 0.721. The van der Waals surface area contributed by atoms with E-state index in [2.05, 4.69) is 27.9 Å². The molecular formula is C17H17IN2O3S. The normalized spacial score (nSPS) is 16.2. The lowest BCUT2D eigenvalue weighted by Gasteiger charge is -2.19. The highest BCUT2D eigenvalue weighted by molar-refractivity contribution is 14.1. The van der Waals surface area contributed by atoms with E-state index < -0.39 is 10.0 Å². The molecule has 2 aromatic rings. The van der Waals surface area contributed by atoms with Gasteiger partial charge in [0, 0.05) is 15.8 Å². The standard InChI is InChI=1S/C17H17IN2O3S/c1-12-7-8-13(20-9-4-10-24(20,22)23)11-16(12)19-17(21)14-5-2-3-6-15(14)18/h2-3,5-8,11H,4,9-10H2,1H3,(H,19,21). The number of amides is 1. The van der Waals surface area contributed by atoms with Crippen molar-refractivity contribution in [2.45, 2.75) is 13.3 Å². The first-order chi connectivity index (χ1) is 11.4. The van der Waals surface area contributed by atoms with Crippen LogP contribution < -0.4 is 9.62 Å². The SMILES string of the molecule is Cc1ccc(N2CCCS2(=O)=O)cc1NC(=O)c1ccccc1I. The number of nitrogens with one attached hydrogen (secondary N) is 1. The zero-order chi connectivity index (χ0) is 17.3. The van der Waals surface area contributed by atoms with Crippen LogP contribution in [0, 0.1) is 10.5 Å². The first-order valence-electron chi connectivity index (χ1n) is 7.55. The van der Waals surface area contributed by atoms with Crippen LogP contribution in [0.5, 0.6) is 0 Å². The third-order valence-electron chi connectivity index (χ3n) is 3.98. The van der Waals surface area contributed by atoms with Gasteiger partial charge in [0.25, 0.3) is 5.91 Å². The second kappa shape index (κ2) is 6.72. The van der Waals surface area contributed by atoms with Crippen molar-refractivity contribution in [1.29, 1.82) is 0 Å². The molecule has 1 saturated heterocycles. The van der Waals surface area contributed by atoms with Crippen molar-refractivity contribution in [3.8, 4) is 0 Å². The lowest BCUT2D eigenvalue weighted by molar-refractivity contribution is 0.102. The number of hydrogen-bond acceptors (Lipinski definition) is 3. The molecule has 24 heavy (non-hydrogen) atoms. The van der Waals surface area contributed by atoms with E-state index in [-0.39, 0.29) is 11.7 Å². The number of carbonyl (C=O) groups excluding carboxylic acids is 1. The summed E-state index contributed by atoms with van der Waals surface area (Å²) >= 11 is 2.12. The molecule has 0 bridgehead atoms. The second-order valence-electron chi connectivity index (χ2n) is 5.67. The van der Waals surface area contributed by atoms with Gasteiger partial charge in [0.2, 0.25) is 10.0 Å². The van der Waals surface area contributed by atoms with Gasteiger partial charge < -0.3 is 5.32 Å². The van der Waals surface area contributed by atoms with Crippen LogP contribution in [0.15, 0.2) is 42.5 Å². The molecule has 126 valence electrons. The van der Waals surface area contributed by atoms with Crippen molar-refractivity contribution in [1.82, 2.24) is 0 Å². The van der Waals surface area contributed by atoms with Gasteiger partial charge in [-0.2, -0.15) is 0 Å². The van der Waals surface area contributed by atoms with Gasteiger partial charge in [0.15, 0.2) is 0 Å². The predicted molar refractivity (Wildman–Crippen MR) is 104 cm³/mol. The molecule has 1 fully saturated rings. The maximum absolute atomic E-state index is 12.5. The summed E-state index contributed by atoms with van der Waals surface area (Å²) in [6.45, 7) is 2.36. The van der Waals surface area contributed by atoms with Gasteiger partial charge in [-0.15, -0.1) is 0 Å². The Bertz CT molecular complexity index is 896. The van der Waals surface area contributed by atoms with Crippen LogP contribution >= 0.6 is 22.6 Å². The summed E-state index contributed by atoms with van der Waals surface area (Å²) in [4.78, 5) is 12.5. The smallest absolute Gasteiger partial charge is 0.256 e. The Hall–Kier alpha value is -1.61. The van der Waals surface area contributed by atoms with Gasteiger partial charge in [-0.05, 0) is 65.8 Å². The Morgan fingerprint density at radius 1 is 1.21 bits per heavy atom.